The van der Waals surface area contributed by atoms with Crippen LogP contribution in [0, 0.1) is 0 Å². The number of rotatable bonds is 8. The topological polar surface area (TPSA) is 63.2 Å². The van der Waals surface area contributed by atoms with Crippen LogP contribution in [0.15, 0.2) is 54.7 Å². The number of pyridine rings is 1. The van der Waals surface area contributed by atoms with E-state index >= 15 is 0 Å². The van der Waals surface area contributed by atoms with E-state index < -0.39 is 0 Å². The molecule has 0 atom stereocenters. The first-order valence-corrected chi connectivity index (χ1v) is 9.25. The second kappa shape index (κ2) is 9.03. The second-order valence-electron chi connectivity index (χ2n) is 6.42. The minimum absolute atomic E-state index is 0.0124. The van der Waals surface area contributed by atoms with Crippen molar-refractivity contribution in [1.29, 1.82) is 0 Å². The average molecular weight is 363 g/mol. The number of anilines is 2. The van der Waals surface area contributed by atoms with Crippen molar-refractivity contribution in [3.8, 4) is 5.75 Å². The van der Waals surface area contributed by atoms with Gasteiger partial charge in [-0.05, 0) is 30.2 Å². The fraction of sp³-hybridized carbons (Fsp3) is 0.273. The van der Waals surface area contributed by atoms with Crippen LogP contribution < -0.4 is 15.4 Å². The van der Waals surface area contributed by atoms with Gasteiger partial charge in [0.2, 0.25) is 5.91 Å². The number of methoxy groups -OCH3 is 1. The number of para-hydroxylation sites is 1. The fourth-order valence-corrected chi connectivity index (χ4v) is 2.95. The molecule has 0 saturated heterocycles. The third-order valence-corrected chi connectivity index (χ3v) is 4.41. The molecule has 0 radical (unpaired) electrons. The zero-order valence-corrected chi connectivity index (χ0v) is 15.8. The third-order valence-electron chi connectivity index (χ3n) is 4.41. The molecule has 1 amide bonds. The summed E-state index contributed by atoms with van der Waals surface area (Å²) in [7, 11) is 1.66. The Labute approximate surface area is 159 Å². The largest absolute Gasteiger partial charge is 0.497 e. The maximum Gasteiger partial charge on any atom is 0.224 e. The van der Waals surface area contributed by atoms with Crippen LogP contribution in [0.5, 0.6) is 5.75 Å². The lowest BCUT2D eigenvalue weighted by molar-refractivity contribution is -0.116. The predicted octanol–water partition coefficient (Wildman–Crippen LogP) is 4.98. The quantitative estimate of drug-likeness (QED) is 0.592. The summed E-state index contributed by atoms with van der Waals surface area (Å²) in [5, 5.41) is 7.46. The summed E-state index contributed by atoms with van der Waals surface area (Å²) in [4.78, 5) is 16.7. The molecule has 5 heteroatoms. The standard InChI is InChI=1S/C22H25N3O2/c1-3-4-12-21(26)25-20-15-23-19-11-6-5-10-18(19)22(20)24-14-16-8-7-9-17(13-16)27-2/h5-11,13,15H,3-4,12,14H2,1-2H3,(H,23,24)(H,25,26). The molecule has 3 aromatic rings. The molecule has 1 heterocycles. The summed E-state index contributed by atoms with van der Waals surface area (Å²) in [5.74, 6) is 0.834. The minimum atomic E-state index is 0.0124. The Kier molecular flexibility index (Phi) is 6.26. The van der Waals surface area contributed by atoms with E-state index in [-0.39, 0.29) is 5.91 Å². The minimum Gasteiger partial charge on any atom is -0.497 e. The maximum atomic E-state index is 12.2. The monoisotopic (exact) mass is 363 g/mol. The molecule has 0 aliphatic heterocycles. The second-order valence-corrected chi connectivity index (χ2v) is 6.42. The molecule has 0 saturated carbocycles. The highest BCUT2D eigenvalue weighted by molar-refractivity contribution is 6.02. The van der Waals surface area contributed by atoms with Crippen LogP contribution >= 0.6 is 0 Å². The van der Waals surface area contributed by atoms with Crippen molar-refractivity contribution < 1.29 is 9.53 Å². The van der Waals surface area contributed by atoms with Crippen molar-refractivity contribution in [2.75, 3.05) is 17.7 Å². The van der Waals surface area contributed by atoms with E-state index in [4.69, 9.17) is 4.74 Å². The van der Waals surface area contributed by atoms with E-state index in [1.165, 1.54) is 0 Å². The first-order chi connectivity index (χ1) is 13.2. The third kappa shape index (κ3) is 4.76. The van der Waals surface area contributed by atoms with Gasteiger partial charge in [-0.25, -0.2) is 0 Å². The van der Waals surface area contributed by atoms with Crippen molar-refractivity contribution in [1.82, 2.24) is 4.98 Å². The van der Waals surface area contributed by atoms with E-state index in [1.54, 1.807) is 13.3 Å². The Morgan fingerprint density at radius 3 is 2.81 bits per heavy atom. The van der Waals surface area contributed by atoms with E-state index in [0.717, 1.165) is 40.7 Å². The first kappa shape index (κ1) is 18.7. The highest BCUT2D eigenvalue weighted by atomic mass is 16.5. The lowest BCUT2D eigenvalue weighted by Gasteiger charge is -2.16. The van der Waals surface area contributed by atoms with Crippen LogP contribution in [0.2, 0.25) is 0 Å². The van der Waals surface area contributed by atoms with Gasteiger partial charge in [0.25, 0.3) is 0 Å². The number of hydrogen-bond acceptors (Lipinski definition) is 4. The number of hydrogen-bond donors (Lipinski definition) is 2. The summed E-state index contributed by atoms with van der Waals surface area (Å²) < 4.78 is 5.30. The molecular weight excluding hydrogens is 338 g/mol. The molecule has 2 N–H and O–H groups in total. The van der Waals surface area contributed by atoms with Crippen LogP contribution in [-0.4, -0.2) is 18.0 Å². The van der Waals surface area contributed by atoms with E-state index in [9.17, 15) is 4.79 Å². The van der Waals surface area contributed by atoms with Crippen molar-refractivity contribution >= 4 is 28.2 Å². The fourth-order valence-electron chi connectivity index (χ4n) is 2.95. The maximum absolute atomic E-state index is 12.2. The summed E-state index contributed by atoms with van der Waals surface area (Å²) in [6, 6.07) is 15.8. The zero-order chi connectivity index (χ0) is 19.1. The van der Waals surface area contributed by atoms with Crippen LogP contribution in [0.25, 0.3) is 10.9 Å². The molecule has 2 aromatic carbocycles. The number of aromatic nitrogens is 1. The molecular formula is C22H25N3O2. The molecule has 1 aromatic heterocycles. The molecule has 0 spiro atoms. The van der Waals surface area contributed by atoms with Gasteiger partial charge in [0, 0.05) is 18.4 Å². The summed E-state index contributed by atoms with van der Waals surface area (Å²) in [5.41, 5.74) is 3.57. The normalized spacial score (nSPS) is 10.6. The van der Waals surface area contributed by atoms with Gasteiger partial charge in [-0.1, -0.05) is 43.7 Å². The van der Waals surface area contributed by atoms with Gasteiger partial charge >= 0.3 is 0 Å². The Balaban J connectivity index is 1.88. The number of benzene rings is 2. The Hall–Kier alpha value is -3.08. The van der Waals surface area contributed by atoms with Gasteiger partial charge in [0.15, 0.2) is 0 Å². The number of carbonyl (C=O) groups excluding carboxylic acids is 1. The summed E-state index contributed by atoms with van der Waals surface area (Å²) in [6.45, 7) is 2.69. The number of nitrogens with zero attached hydrogens (tertiary/aromatic N) is 1. The van der Waals surface area contributed by atoms with Crippen LogP contribution in [-0.2, 0) is 11.3 Å². The van der Waals surface area contributed by atoms with E-state index in [1.807, 2.05) is 48.5 Å². The van der Waals surface area contributed by atoms with Gasteiger partial charge in [0.1, 0.15) is 5.75 Å². The predicted molar refractivity (Wildman–Crippen MR) is 110 cm³/mol. The van der Waals surface area contributed by atoms with Crippen molar-refractivity contribution in [3.05, 3.63) is 60.3 Å². The molecule has 0 unspecified atom stereocenters. The molecule has 0 fully saturated rings. The van der Waals surface area contributed by atoms with Gasteiger partial charge in [-0.15, -0.1) is 0 Å². The Bertz CT molecular complexity index is 924. The van der Waals surface area contributed by atoms with Crippen molar-refractivity contribution in [3.63, 3.8) is 0 Å². The van der Waals surface area contributed by atoms with Crippen molar-refractivity contribution in [2.45, 2.75) is 32.7 Å². The smallest absolute Gasteiger partial charge is 0.224 e. The molecule has 27 heavy (non-hydrogen) atoms. The highest BCUT2D eigenvalue weighted by Gasteiger charge is 2.11. The van der Waals surface area contributed by atoms with E-state index in [0.29, 0.717) is 18.7 Å². The van der Waals surface area contributed by atoms with Gasteiger partial charge < -0.3 is 15.4 Å². The van der Waals surface area contributed by atoms with Gasteiger partial charge in [0.05, 0.1) is 30.2 Å². The van der Waals surface area contributed by atoms with E-state index in [2.05, 4.69) is 22.5 Å². The van der Waals surface area contributed by atoms with Crippen LogP contribution in [0.1, 0.15) is 31.7 Å². The molecule has 0 aliphatic rings. The summed E-state index contributed by atoms with van der Waals surface area (Å²) in [6.07, 6.45) is 4.10. The summed E-state index contributed by atoms with van der Waals surface area (Å²) >= 11 is 0. The lowest BCUT2D eigenvalue weighted by atomic mass is 10.1. The molecule has 3 rings (SSSR count). The molecule has 0 aliphatic carbocycles. The Morgan fingerprint density at radius 2 is 2.00 bits per heavy atom. The van der Waals surface area contributed by atoms with Gasteiger partial charge in [-0.3, -0.25) is 9.78 Å². The van der Waals surface area contributed by atoms with Crippen molar-refractivity contribution in [2.24, 2.45) is 0 Å². The number of carbonyl (C=O) groups is 1. The van der Waals surface area contributed by atoms with Gasteiger partial charge in [-0.2, -0.15) is 0 Å². The molecule has 5 nitrogen and oxygen atoms in total. The SMILES string of the molecule is CCCCC(=O)Nc1cnc2ccccc2c1NCc1cccc(OC)c1. The number of fused-ring (bicyclic) bond motifs is 1. The van der Waals surface area contributed by atoms with Crippen LogP contribution in [0.3, 0.4) is 0 Å². The lowest BCUT2D eigenvalue weighted by Crippen LogP contribution is -2.13. The Morgan fingerprint density at radius 1 is 1.15 bits per heavy atom. The number of nitrogens with one attached hydrogen (secondary N) is 2. The zero-order valence-electron chi connectivity index (χ0n) is 15.8. The average Bonchev–Trinajstić information content (AvgIpc) is 2.71. The van der Waals surface area contributed by atoms with Crippen LogP contribution in [0.4, 0.5) is 11.4 Å². The number of unbranched alkanes of at least 4 members (excludes halogenated alkanes) is 1. The molecule has 140 valence electrons. The highest BCUT2D eigenvalue weighted by Crippen LogP contribution is 2.30. The molecule has 0 bridgehead atoms. The first-order valence-electron chi connectivity index (χ1n) is 9.25. The number of amides is 1. The number of ether oxygens (including phenoxy) is 1.